The van der Waals surface area contributed by atoms with Crippen LogP contribution in [0.5, 0.6) is 0 Å². The molecule has 2 heteroatoms. The van der Waals surface area contributed by atoms with E-state index in [2.05, 4.69) is 26.8 Å². The van der Waals surface area contributed by atoms with Crippen molar-refractivity contribution in [2.75, 3.05) is 0 Å². The fourth-order valence-corrected chi connectivity index (χ4v) is 3.55. The maximum atomic E-state index is 11.6. The molecule has 0 radical (unpaired) electrons. The van der Waals surface area contributed by atoms with Gasteiger partial charge in [-0.2, -0.15) is 0 Å². The standard InChI is InChI=1S/C16H26O2/c1-6-7-15(17)18-11(3)12-9-14-13(8-10(12)2)16(14,4)5/h8,11-14H,6-7,9H2,1-5H3. The van der Waals surface area contributed by atoms with Gasteiger partial charge in [-0.1, -0.05) is 32.4 Å². The minimum Gasteiger partial charge on any atom is -0.462 e. The minimum absolute atomic E-state index is 0.0256. The van der Waals surface area contributed by atoms with Crippen molar-refractivity contribution in [3.8, 4) is 0 Å². The van der Waals surface area contributed by atoms with E-state index in [4.69, 9.17) is 4.74 Å². The molecule has 0 N–H and O–H groups in total. The first-order valence-electron chi connectivity index (χ1n) is 7.25. The molecule has 0 amide bonds. The summed E-state index contributed by atoms with van der Waals surface area (Å²) in [6.45, 7) is 10.9. The number of rotatable bonds is 4. The average Bonchev–Trinajstić information content (AvgIpc) is 2.79. The molecule has 1 saturated carbocycles. The molecule has 0 aromatic carbocycles. The van der Waals surface area contributed by atoms with Crippen LogP contribution in [0.15, 0.2) is 11.6 Å². The Labute approximate surface area is 111 Å². The summed E-state index contributed by atoms with van der Waals surface area (Å²) in [4.78, 5) is 11.6. The van der Waals surface area contributed by atoms with Crippen molar-refractivity contribution in [1.82, 2.24) is 0 Å². The molecule has 0 heterocycles. The second-order valence-electron chi connectivity index (χ2n) is 6.65. The summed E-state index contributed by atoms with van der Waals surface area (Å²) in [6.07, 6.45) is 5.03. The fourth-order valence-electron chi connectivity index (χ4n) is 3.55. The summed E-state index contributed by atoms with van der Waals surface area (Å²) < 4.78 is 5.56. The van der Waals surface area contributed by atoms with Gasteiger partial charge in [0.1, 0.15) is 6.10 Å². The van der Waals surface area contributed by atoms with E-state index in [1.165, 1.54) is 12.0 Å². The minimum atomic E-state index is -0.0463. The van der Waals surface area contributed by atoms with Gasteiger partial charge in [0.2, 0.25) is 0 Å². The molecule has 0 spiro atoms. The van der Waals surface area contributed by atoms with E-state index in [1.807, 2.05) is 13.8 Å². The van der Waals surface area contributed by atoms with Crippen LogP contribution in [0.2, 0.25) is 0 Å². The SMILES string of the molecule is CCCC(=O)OC(C)C1CC2C(C=C1C)C2(C)C. The molecule has 2 aliphatic rings. The smallest absolute Gasteiger partial charge is 0.306 e. The number of hydrogen-bond acceptors (Lipinski definition) is 2. The van der Waals surface area contributed by atoms with Crippen LogP contribution in [-0.4, -0.2) is 12.1 Å². The van der Waals surface area contributed by atoms with E-state index >= 15 is 0 Å². The van der Waals surface area contributed by atoms with Gasteiger partial charge in [-0.05, 0) is 43.9 Å². The van der Waals surface area contributed by atoms with Gasteiger partial charge >= 0.3 is 5.97 Å². The van der Waals surface area contributed by atoms with E-state index in [-0.39, 0.29) is 12.1 Å². The number of fused-ring (bicyclic) bond motifs is 1. The number of allylic oxidation sites excluding steroid dienone is 1. The predicted molar refractivity (Wildman–Crippen MR) is 73.1 cm³/mol. The molecule has 2 aliphatic carbocycles. The first-order valence-corrected chi connectivity index (χ1v) is 7.25. The summed E-state index contributed by atoms with van der Waals surface area (Å²) in [5.74, 6) is 1.93. The zero-order chi connectivity index (χ0) is 13.5. The van der Waals surface area contributed by atoms with Crippen LogP contribution in [0.3, 0.4) is 0 Å². The Morgan fingerprint density at radius 3 is 2.83 bits per heavy atom. The Morgan fingerprint density at radius 2 is 2.22 bits per heavy atom. The van der Waals surface area contributed by atoms with Gasteiger partial charge in [0.15, 0.2) is 0 Å². The molecule has 2 nitrogen and oxygen atoms in total. The highest BCUT2D eigenvalue weighted by Crippen LogP contribution is 2.64. The number of carbonyl (C=O) groups is 1. The molecule has 0 aliphatic heterocycles. The van der Waals surface area contributed by atoms with Gasteiger partial charge in [-0.15, -0.1) is 0 Å². The zero-order valence-electron chi connectivity index (χ0n) is 12.3. The fraction of sp³-hybridized carbons (Fsp3) is 0.812. The Bertz CT molecular complexity index is 367. The molecule has 0 saturated heterocycles. The number of esters is 1. The molecule has 0 aromatic rings. The van der Waals surface area contributed by atoms with Crippen LogP contribution < -0.4 is 0 Å². The summed E-state index contributed by atoms with van der Waals surface area (Å²) in [5.41, 5.74) is 1.88. The molecular formula is C16H26O2. The summed E-state index contributed by atoms with van der Waals surface area (Å²) in [5, 5.41) is 0. The van der Waals surface area contributed by atoms with Gasteiger partial charge in [-0.3, -0.25) is 4.79 Å². The van der Waals surface area contributed by atoms with Crippen LogP contribution in [0, 0.1) is 23.2 Å². The quantitative estimate of drug-likeness (QED) is 0.557. The van der Waals surface area contributed by atoms with Crippen LogP contribution in [0.25, 0.3) is 0 Å². The summed E-state index contributed by atoms with van der Waals surface area (Å²) >= 11 is 0. The van der Waals surface area contributed by atoms with Crippen LogP contribution in [0.4, 0.5) is 0 Å². The Balaban J connectivity index is 1.96. The highest BCUT2D eigenvalue weighted by molar-refractivity contribution is 5.69. The second kappa shape index (κ2) is 4.71. The van der Waals surface area contributed by atoms with E-state index in [0.717, 1.165) is 18.3 Å². The Kier molecular flexibility index (Phi) is 3.57. The molecule has 0 bridgehead atoms. The van der Waals surface area contributed by atoms with E-state index < -0.39 is 0 Å². The van der Waals surface area contributed by atoms with Crippen molar-refractivity contribution in [2.24, 2.45) is 23.2 Å². The second-order valence-corrected chi connectivity index (χ2v) is 6.65. The lowest BCUT2D eigenvalue weighted by Crippen LogP contribution is -2.27. The Morgan fingerprint density at radius 1 is 1.56 bits per heavy atom. The third kappa shape index (κ3) is 2.34. The average molecular weight is 250 g/mol. The lowest BCUT2D eigenvalue weighted by Gasteiger charge is -2.27. The van der Waals surface area contributed by atoms with Gasteiger partial charge in [-0.25, -0.2) is 0 Å². The third-order valence-corrected chi connectivity index (χ3v) is 5.01. The van der Waals surface area contributed by atoms with Crippen molar-refractivity contribution >= 4 is 5.97 Å². The lowest BCUT2D eigenvalue weighted by atomic mass is 9.85. The first-order chi connectivity index (χ1) is 8.37. The topological polar surface area (TPSA) is 26.3 Å². The normalized spacial score (nSPS) is 34.3. The van der Waals surface area contributed by atoms with E-state index in [9.17, 15) is 4.79 Å². The monoisotopic (exact) mass is 250 g/mol. The maximum Gasteiger partial charge on any atom is 0.306 e. The zero-order valence-corrected chi connectivity index (χ0v) is 12.3. The van der Waals surface area contributed by atoms with Crippen LogP contribution in [-0.2, 0) is 9.53 Å². The summed E-state index contributed by atoms with van der Waals surface area (Å²) in [7, 11) is 0. The highest BCUT2D eigenvalue weighted by Gasteiger charge is 2.58. The lowest BCUT2D eigenvalue weighted by molar-refractivity contribution is -0.150. The Hall–Kier alpha value is -0.790. The van der Waals surface area contributed by atoms with Crippen molar-refractivity contribution in [3.63, 3.8) is 0 Å². The molecule has 102 valence electrons. The molecule has 2 rings (SSSR count). The molecule has 18 heavy (non-hydrogen) atoms. The van der Waals surface area contributed by atoms with Crippen molar-refractivity contribution < 1.29 is 9.53 Å². The van der Waals surface area contributed by atoms with Crippen LogP contribution >= 0.6 is 0 Å². The van der Waals surface area contributed by atoms with Crippen molar-refractivity contribution in [2.45, 2.75) is 60.0 Å². The summed E-state index contributed by atoms with van der Waals surface area (Å²) in [6, 6.07) is 0. The van der Waals surface area contributed by atoms with Gasteiger partial charge in [0.05, 0.1) is 0 Å². The number of ether oxygens (including phenoxy) is 1. The molecule has 0 aromatic heterocycles. The number of carbonyl (C=O) groups excluding carboxylic acids is 1. The van der Waals surface area contributed by atoms with Crippen LogP contribution in [0.1, 0.15) is 53.9 Å². The van der Waals surface area contributed by atoms with E-state index in [0.29, 0.717) is 17.8 Å². The highest BCUT2D eigenvalue weighted by atomic mass is 16.5. The van der Waals surface area contributed by atoms with Gasteiger partial charge < -0.3 is 4.74 Å². The predicted octanol–water partition coefficient (Wildman–Crippen LogP) is 3.96. The number of hydrogen-bond donors (Lipinski definition) is 0. The van der Waals surface area contributed by atoms with Crippen molar-refractivity contribution in [3.05, 3.63) is 11.6 Å². The molecular weight excluding hydrogens is 224 g/mol. The third-order valence-electron chi connectivity index (χ3n) is 5.01. The molecule has 4 unspecified atom stereocenters. The van der Waals surface area contributed by atoms with E-state index in [1.54, 1.807) is 0 Å². The van der Waals surface area contributed by atoms with Gasteiger partial charge in [0, 0.05) is 12.3 Å². The maximum absolute atomic E-state index is 11.6. The van der Waals surface area contributed by atoms with Crippen molar-refractivity contribution in [1.29, 1.82) is 0 Å². The largest absolute Gasteiger partial charge is 0.462 e. The molecule has 4 atom stereocenters. The molecule has 1 fully saturated rings. The van der Waals surface area contributed by atoms with Gasteiger partial charge in [0.25, 0.3) is 0 Å². The first kappa shape index (κ1) is 13.6.